The van der Waals surface area contributed by atoms with E-state index in [2.05, 4.69) is 36.5 Å². The van der Waals surface area contributed by atoms with Crippen molar-refractivity contribution in [3.8, 4) is 0 Å². The highest BCUT2D eigenvalue weighted by Gasteiger charge is 2.34. The Hall–Kier alpha value is -0.860. The molecule has 2 rings (SSSR count). The normalized spacial score (nSPS) is 18.1. The van der Waals surface area contributed by atoms with Gasteiger partial charge in [0.25, 0.3) is 0 Å². The van der Waals surface area contributed by atoms with Crippen molar-refractivity contribution in [2.45, 2.75) is 38.0 Å². The lowest BCUT2D eigenvalue weighted by molar-refractivity contribution is 0.196. The lowest BCUT2D eigenvalue weighted by Gasteiger charge is -2.30. The van der Waals surface area contributed by atoms with E-state index in [4.69, 9.17) is 4.74 Å². The number of benzene rings is 1. The highest BCUT2D eigenvalue weighted by molar-refractivity contribution is 5.30. The van der Waals surface area contributed by atoms with E-state index in [1.807, 2.05) is 0 Å². The van der Waals surface area contributed by atoms with Gasteiger partial charge < -0.3 is 10.1 Å². The van der Waals surface area contributed by atoms with Gasteiger partial charge in [-0.3, -0.25) is 0 Å². The molecule has 0 radical (unpaired) electrons. The summed E-state index contributed by atoms with van der Waals surface area (Å²) in [6.07, 6.45) is 5.35. The molecular formula is C16H25NO. The Kier molecular flexibility index (Phi) is 4.79. The van der Waals surface area contributed by atoms with E-state index in [9.17, 15) is 0 Å². The second-order valence-corrected chi connectivity index (χ2v) is 5.52. The standard InChI is InChI=1S/C16H25NO/c1-14-5-7-15(8-6-14)16(9-3-4-10-16)13-17-11-12-18-2/h5-8,17H,3-4,9-13H2,1-2H3. The summed E-state index contributed by atoms with van der Waals surface area (Å²) < 4.78 is 5.10. The van der Waals surface area contributed by atoms with E-state index in [-0.39, 0.29) is 0 Å². The zero-order valence-corrected chi connectivity index (χ0v) is 11.7. The van der Waals surface area contributed by atoms with Gasteiger partial charge in [0.15, 0.2) is 0 Å². The maximum atomic E-state index is 5.10. The van der Waals surface area contributed by atoms with Crippen molar-refractivity contribution < 1.29 is 4.74 Å². The Morgan fingerprint density at radius 2 is 1.83 bits per heavy atom. The first-order chi connectivity index (χ1) is 8.77. The summed E-state index contributed by atoms with van der Waals surface area (Å²) in [5.41, 5.74) is 3.22. The van der Waals surface area contributed by atoms with Crippen LogP contribution in [0, 0.1) is 6.92 Å². The molecule has 0 atom stereocenters. The van der Waals surface area contributed by atoms with Gasteiger partial charge in [0.05, 0.1) is 6.61 Å². The van der Waals surface area contributed by atoms with Crippen LogP contribution in [0.2, 0.25) is 0 Å². The summed E-state index contributed by atoms with van der Waals surface area (Å²) in [5, 5.41) is 3.56. The Labute approximate surface area is 111 Å². The first-order valence-electron chi connectivity index (χ1n) is 7.04. The maximum absolute atomic E-state index is 5.10. The summed E-state index contributed by atoms with van der Waals surface area (Å²) in [7, 11) is 1.76. The van der Waals surface area contributed by atoms with Crippen LogP contribution in [0.1, 0.15) is 36.8 Å². The van der Waals surface area contributed by atoms with Crippen molar-refractivity contribution in [3.05, 3.63) is 35.4 Å². The minimum Gasteiger partial charge on any atom is -0.383 e. The molecule has 18 heavy (non-hydrogen) atoms. The summed E-state index contributed by atoms with van der Waals surface area (Å²) in [5.74, 6) is 0. The van der Waals surface area contributed by atoms with Gasteiger partial charge in [0, 0.05) is 25.6 Å². The first kappa shape index (κ1) is 13.6. The quantitative estimate of drug-likeness (QED) is 0.780. The van der Waals surface area contributed by atoms with Crippen molar-refractivity contribution in [2.24, 2.45) is 0 Å². The molecule has 0 aliphatic heterocycles. The van der Waals surface area contributed by atoms with Gasteiger partial charge >= 0.3 is 0 Å². The van der Waals surface area contributed by atoms with E-state index < -0.39 is 0 Å². The molecule has 0 amide bonds. The highest BCUT2D eigenvalue weighted by atomic mass is 16.5. The van der Waals surface area contributed by atoms with Gasteiger partial charge in [-0.2, -0.15) is 0 Å². The predicted octanol–water partition coefficient (Wildman–Crippen LogP) is 3.04. The largest absolute Gasteiger partial charge is 0.383 e. The van der Waals surface area contributed by atoms with Gasteiger partial charge in [-0.25, -0.2) is 0 Å². The number of ether oxygens (including phenoxy) is 1. The van der Waals surface area contributed by atoms with Crippen LogP contribution in [-0.4, -0.2) is 26.8 Å². The topological polar surface area (TPSA) is 21.3 Å². The molecule has 1 aliphatic rings. The SMILES string of the molecule is COCCNCC1(c2ccc(C)cc2)CCCC1. The maximum Gasteiger partial charge on any atom is 0.0587 e. The van der Waals surface area contributed by atoms with Gasteiger partial charge in [0.1, 0.15) is 0 Å². The number of rotatable bonds is 6. The van der Waals surface area contributed by atoms with E-state index in [0.29, 0.717) is 5.41 Å². The zero-order chi connectivity index (χ0) is 12.8. The molecule has 1 aromatic carbocycles. The molecule has 1 N–H and O–H groups in total. The molecule has 2 heteroatoms. The van der Waals surface area contributed by atoms with Crippen molar-refractivity contribution in [2.75, 3.05) is 26.8 Å². The van der Waals surface area contributed by atoms with E-state index in [1.165, 1.54) is 36.8 Å². The van der Waals surface area contributed by atoms with E-state index in [0.717, 1.165) is 19.7 Å². The minimum atomic E-state index is 0.363. The number of methoxy groups -OCH3 is 1. The number of nitrogens with one attached hydrogen (secondary N) is 1. The molecule has 0 unspecified atom stereocenters. The number of hydrogen-bond acceptors (Lipinski definition) is 2. The third kappa shape index (κ3) is 3.12. The number of aryl methyl sites for hydroxylation is 1. The monoisotopic (exact) mass is 247 g/mol. The molecule has 2 nitrogen and oxygen atoms in total. The molecule has 1 fully saturated rings. The molecule has 0 spiro atoms. The summed E-state index contributed by atoms with van der Waals surface area (Å²) in [6.45, 7) is 4.98. The molecular weight excluding hydrogens is 222 g/mol. The van der Waals surface area contributed by atoms with Crippen LogP contribution in [0.4, 0.5) is 0 Å². The van der Waals surface area contributed by atoms with Crippen LogP contribution in [0.3, 0.4) is 0 Å². The lowest BCUT2D eigenvalue weighted by atomic mass is 9.78. The molecule has 1 aliphatic carbocycles. The highest BCUT2D eigenvalue weighted by Crippen LogP contribution is 2.40. The fourth-order valence-electron chi connectivity index (χ4n) is 3.03. The predicted molar refractivity (Wildman–Crippen MR) is 76.1 cm³/mol. The second-order valence-electron chi connectivity index (χ2n) is 5.52. The molecule has 0 heterocycles. The molecule has 1 aromatic rings. The van der Waals surface area contributed by atoms with Crippen LogP contribution in [-0.2, 0) is 10.2 Å². The molecule has 0 aromatic heterocycles. The smallest absolute Gasteiger partial charge is 0.0587 e. The fourth-order valence-corrected chi connectivity index (χ4v) is 3.03. The first-order valence-corrected chi connectivity index (χ1v) is 7.04. The average Bonchev–Trinajstić information content (AvgIpc) is 2.85. The van der Waals surface area contributed by atoms with Crippen LogP contribution in [0.25, 0.3) is 0 Å². The zero-order valence-electron chi connectivity index (χ0n) is 11.7. The summed E-state index contributed by atoms with van der Waals surface area (Å²) in [6, 6.07) is 9.12. The number of hydrogen-bond donors (Lipinski definition) is 1. The van der Waals surface area contributed by atoms with E-state index >= 15 is 0 Å². The third-order valence-corrected chi connectivity index (χ3v) is 4.17. The van der Waals surface area contributed by atoms with Gasteiger partial charge in [-0.05, 0) is 25.3 Å². The van der Waals surface area contributed by atoms with Crippen LogP contribution >= 0.6 is 0 Å². The van der Waals surface area contributed by atoms with Crippen LogP contribution in [0.15, 0.2) is 24.3 Å². The fraction of sp³-hybridized carbons (Fsp3) is 0.625. The van der Waals surface area contributed by atoms with Gasteiger partial charge in [-0.15, -0.1) is 0 Å². The molecule has 1 saturated carbocycles. The van der Waals surface area contributed by atoms with Crippen LogP contribution in [0.5, 0.6) is 0 Å². The van der Waals surface area contributed by atoms with E-state index in [1.54, 1.807) is 7.11 Å². The van der Waals surface area contributed by atoms with Gasteiger partial charge in [0.2, 0.25) is 0 Å². The molecule has 0 saturated heterocycles. The third-order valence-electron chi connectivity index (χ3n) is 4.17. The average molecular weight is 247 g/mol. The van der Waals surface area contributed by atoms with Gasteiger partial charge in [-0.1, -0.05) is 42.7 Å². The Morgan fingerprint density at radius 1 is 1.17 bits per heavy atom. The molecule has 100 valence electrons. The second kappa shape index (κ2) is 6.35. The minimum absolute atomic E-state index is 0.363. The Bertz CT molecular complexity index is 352. The Morgan fingerprint density at radius 3 is 2.44 bits per heavy atom. The lowest BCUT2D eigenvalue weighted by Crippen LogP contribution is -2.37. The summed E-state index contributed by atoms with van der Waals surface area (Å²) in [4.78, 5) is 0. The Balaban J connectivity index is 2.04. The van der Waals surface area contributed by atoms with Crippen LogP contribution < -0.4 is 5.32 Å². The van der Waals surface area contributed by atoms with Crippen molar-refractivity contribution in [1.82, 2.24) is 5.32 Å². The van der Waals surface area contributed by atoms with Crippen molar-refractivity contribution >= 4 is 0 Å². The van der Waals surface area contributed by atoms with Crippen molar-refractivity contribution in [3.63, 3.8) is 0 Å². The summed E-state index contributed by atoms with van der Waals surface area (Å²) >= 11 is 0. The van der Waals surface area contributed by atoms with Crippen molar-refractivity contribution in [1.29, 1.82) is 0 Å². The molecule has 0 bridgehead atoms.